The van der Waals surface area contributed by atoms with Gasteiger partial charge in [-0.15, -0.1) is 0 Å². The first-order valence-electron chi connectivity index (χ1n) is 4.83. The normalized spacial score (nSPS) is 42.2. The lowest BCUT2D eigenvalue weighted by Crippen LogP contribution is -2.34. The number of β-amino-alcohol motifs (C(OH)–C–C–N with tert-alkyl or cyclic N) is 1. The lowest BCUT2D eigenvalue weighted by molar-refractivity contribution is 0.0518. The Labute approximate surface area is 78.1 Å². The van der Waals surface area contributed by atoms with E-state index in [9.17, 15) is 5.11 Å². The molecule has 0 radical (unpaired) electrons. The molecule has 2 aliphatic rings. The van der Waals surface area contributed by atoms with Crippen molar-refractivity contribution in [1.82, 2.24) is 5.32 Å². The minimum atomic E-state index is -0.373. The highest BCUT2D eigenvalue weighted by molar-refractivity contribution is 8.00. The number of rotatable bonds is 2. The van der Waals surface area contributed by atoms with Gasteiger partial charge in [-0.05, 0) is 38.0 Å². The van der Waals surface area contributed by atoms with Crippen LogP contribution in [0.15, 0.2) is 0 Å². The van der Waals surface area contributed by atoms with E-state index in [4.69, 9.17) is 0 Å². The van der Waals surface area contributed by atoms with Gasteiger partial charge >= 0.3 is 0 Å². The summed E-state index contributed by atoms with van der Waals surface area (Å²) in [6.45, 7) is 1.80. The van der Waals surface area contributed by atoms with Gasteiger partial charge < -0.3 is 10.4 Å². The highest BCUT2D eigenvalue weighted by Crippen LogP contribution is 2.34. The fourth-order valence-electron chi connectivity index (χ4n) is 2.13. The van der Waals surface area contributed by atoms with Gasteiger partial charge in [0, 0.05) is 11.8 Å². The number of aliphatic hydroxyl groups is 1. The van der Waals surface area contributed by atoms with E-state index in [2.05, 4.69) is 5.32 Å². The summed E-state index contributed by atoms with van der Waals surface area (Å²) in [6.07, 6.45) is 4.61. The highest BCUT2D eigenvalue weighted by atomic mass is 32.2. The van der Waals surface area contributed by atoms with Crippen molar-refractivity contribution in [2.75, 3.05) is 18.8 Å². The third-order valence-corrected chi connectivity index (χ3v) is 4.25. The quantitative estimate of drug-likeness (QED) is 0.676. The van der Waals surface area contributed by atoms with E-state index in [1.807, 2.05) is 11.8 Å². The van der Waals surface area contributed by atoms with E-state index < -0.39 is 0 Å². The molecule has 0 aromatic rings. The second-order valence-corrected chi connectivity index (χ2v) is 5.40. The Morgan fingerprint density at radius 2 is 2.50 bits per heavy atom. The van der Waals surface area contributed by atoms with Gasteiger partial charge in [-0.25, -0.2) is 0 Å². The number of thioether (sulfide) groups is 1. The number of hydrogen-bond acceptors (Lipinski definition) is 3. The Morgan fingerprint density at radius 3 is 3.08 bits per heavy atom. The van der Waals surface area contributed by atoms with Gasteiger partial charge in [-0.2, -0.15) is 11.8 Å². The van der Waals surface area contributed by atoms with Crippen LogP contribution in [0, 0.1) is 0 Å². The lowest BCUT2D eigenvalue weighted by Gasteiger charge is -2.24. The summed E-state index contributed by atoms with van der Waals surface area (Å²) < 4.78 is 0. The van der Waals surface area contributed by atoms with E-state index in [1.54, 1.807) is 0 Å². The van der Waals surface area contributed by atoms with Crippen LogP contribution in [0.25, 0.3) is 0 Å². The molecule has 2 atom stereocenters. The summed E-state index contributed by atoms with van der Waals surface area (Å²) in [7, 11) is 0. The van der Waals surface area contributed by atoms with E-state index >= 15 is 0 Å². The maximum absolute atomic E-state index is 10.1. The average molecular weight is 187 g/mol. The molecule has 0 saturated carbocycles. The number of nitrogens with one attached hydrogen (secondary N) is 1. The third-order valence-electron chi connectivity index (χ3n) is 2.85. The molecule has 0 aliphatic carbocycles. The molecular weight excluding hydrogens is 170 g/mol. The second kappa shape index (κ2) is 3.56. The van der Waals surface area contributed by atoms with Crippen LogP contribution < -0.4 is 5.32 Å². The molecule has 2 saturated heterocycles. The van der Waals surface area contributed by atoms with Gasteiger partial charge in [-0.1, -0.05) is 0 Å². The monoisotopic (exact) mass is 187 g/mol. The zero-order chi connectivity index (χ0) is 8.44. The van der Waals surface area contributed by atoms with Gasteiger partial charge in [0.25, 0.3) is 0 Å². The molecule has 0 amide bonds. The van der Waals surface area contributed by atoms with Crippen molar-refractivity contribution in [3.63, 3.8) is 0 Å². The molecule has 2 unspecified atom stereocenters. The Hall–Kier alpha value is 0.270. The van der Waals surface area contributed by atoms with Crippen molar-refractivity contribution in [2.24, 2.45) is 0 Å². The van der Waals surface area contributed by atoms with Gasteiger partial charge in [0.2, 0.25) is 0 Å². The first-order chi connectivity index (χ1) is 5.79. The van der Waals surface area contributed by atoms with E-state index in [0.717, 1.165) is 31.2 Å². The van der Waals surface area contributed by atoms with Crippen LogP contribution in [0.1, 0.15) is 25.7 Å². The van der Waals surface area contributed by atoms with Crippen LogP contribution in [-0.2, 0) is 0 Å². The molecule has 2 N–H and O–H groups in total. The van der Waals surface area contributed by atoms with Crippen molar-refractivity contribution in [3.8, 4) is 0 Å². The minimum absolute atomic E-state index is 0.373. The largest absolute Gasteiger partial charge is 0.388 e. The van der Waals surface area contributed by atoms with Gasteiger partial charge in [-0.3, -0.25) is 0 Å². The summed E-state index contributed by atoms with van der Waals surface area (Å²) in [6, 6.07) is 0. The molecule has 0 spiro atoms. The van der Waals surface area contributed by atoms with E-state index in [-0.39, 0.29) is 5.60 Å². The molecule has 2 rings (SSSR count). The Balaban J connectivity index is 1.83. The van der Waals surface area contributed by atoms with Gasteiger partial charge in [0.1, 0.15) is 0 Å². The van der Waals surface area contributed by atoms with Crippen molar-refractivity contribution in [2.45, 2.75) is 36.5 Å². The molecule has 0 aromatic heterocycles. The zero-order valence-corrected chi connectivity index (χ0v) is 8.20. The van der Waals surface area contributed by atoms with Crippen molar-refractivity contribution in [3.05, 3.63) is 0 Å². The van der Waals surface area contributed by atoms with Crippen molar-refractivity contribution >= 4 is 11.8 Å². The summed E-state index contributed by atoms with van der Waals surface area (Å²) in [5, 5.41) is 14.0. The zero-order valence-electron chi connectivity index (χ0n) is 7.38. The Morgan fingerprint density at radius 1 is 1.58 bits per heavy atom. The van der Waals surface area contributed by atoms with Crippen LogP contribution in [-0.4, -0.2) is 34.8 Å². The van der Waals surface area contributed by atoms with Gasteiger partial charge in [0.05, 0.1) is 5.60 Å². The SMILES string of the molecule is OC1(CC2CCCS2)CCNC1. The molecule has 70 valence electrons. The molecule has 12 heavy (non-hydrogen) atoms. The molecule has 2 heterocycles. The fraction of sp³-hybridized carbons (Fsp3) is 1.00. The fourth-order valence-corrected chi connectivity index (χ4v) is 3.56. The molecule has 2 fully saturated rings. The van der Waals surface area contributed by atoms with E-state index in [0.29, 0.717) is 0 Å². The summed E-state index contributed by atoms with van der Waals surface area (Å²) in [4.78, 5) is 0. The van der Waals surface area contributed by atoms with Crippen LogP contribution in [0.5, 0.6) is 0 Å². The van der Waals surface area contributed by atoms with E-state index in [1.165, 1.54) is 18.6 Å². The van der Waals surface area contributed by atoms with Crippen LogP contribution in [0.3, 0.4) is 0 Å². The lowest BCUT2D eigenvalue weighted by atomic mass is 9.95. The summed E-state index contributed by atoms with van der Waals surface area (Å²) in [5.41, 5.74) is -0.373. The number of hydrogen-bond donors (Lipinski definition) is 2. The molecule has 0 bridgehead atoms. The predicted octanol–water partition coefficient (Wildman–Crippen LogP) is 0.996. The molecule has 2 aliphatic heterocycles. The standard InChI is InChI=1S/C9H17NOS/c11-9(3-4-10-7-9)6-8-2-1-5-12-8/h8,10-11H,1-7H2. The second-order valence-electron chi connectivity index (χ2n) is 3.99. The topological polar surface area (TPSA) is 32.3 Å². The Bertz CT molecular complexity index is 151. The maximum atomic E-state index is 10.1. The highest BCUT2D eigenvalue weighted by Gasteiger charge is 2.34. The van der Waals surface area contributed by atoms with Gasteiger partial charge in [0.15, 0.2) is 0 Å². The third kappa shape index (κ3) is 1.95. The first-order valence-corrected chi connectivity index (χ1v) is 5.88. The smallest absolute Gasteiger partial charge is 0.0794 e. The maximum Gasteiger partial charge on any atom is 0.0794 e. The molecule has 0 aromatic carbocycles. The van der Waals surface area contributed by atoms with Crippen molar-refractivity contribution in [1.29, 1.82) is 0 Å². The predicted molar refractivity (Wildman–Crippen MR) is 52.5 cm³/mol. The molecule has 3 heteroatoms. The van der Waals surface area contributed by atoms with Crippen LogP contribution in [0.2, 0.25) is 0 Å². The van der Waals surface area contributed by atoms with Crippen molar-refractivity contribution < 1.29 is 5.11 Å². The molecular formula is C9H17NOS. The van der Waals surface area contributed by atoms with Crippen LogP contribution >= 0.6 is 11.8 Å². The Kier molecular flexibility index (Phi) is 2.63. The average Bonchev–Trinajstić information content (AvgIpc) is 2.62. The molecule has 2 nitrogen and oxygen atoms in total. The summed E-state index contributed by atoms with van der Waals surface area (Å²) in [5.74, 6) is 1.30. The van der Waals surface area contributed by atoms with Crippen LogP contribution in [0.4, 0.5) is 0 Å². The minimum Gasteiger partial charge on any atom is -0.388 e. The first kappa shape index (κ1) is 8.85. The summed E-state index contributed by atoms with van der Waals surface area (Å²) >= 11 is 2.04.